The number of nitrogens with zero attached hydrogens (tertiary/aromatic N) is 1. The van der Waals surface area contributed by atoms with E-state index in [1.807, 2.05) is 6.92 Å². The maximum atomic E-state index is 13.8. The van der Waals surface area contributed by atoms with Crippen LogP contribution in [0.25, 0.3) is 0 Å². The molecule has 0 aliphatic rings. The van der Waals surface area contributed by atoms with Crippen molar-refractivity contribution in [2.24, 2.45) is 0 Å². The molecule has 0 radical (unpaired) electrons. The van der Waals surface area contributed by atoms with Crippen molar-refractivity contribution in [2.75, 3.05) is 6.61 Å². The Labute approximate surface area is 120 Å². The molecule has 0 unspecified atom stereocenters. The van der Waals surface area contributed by atoms with Gasteiger partial charge in [0.05, 0.1) is 17.6 Å². The van der Waals surface area contributed by atoms with Crippen LogP contribution in [0.5, 0.6) is 5.75 Å². The Hall–Kier alpha value is -1.41. The Morgan fingerprint density at radius 3 is 2.55 bits per heavy atom. The Morgan fingerprint density at radius 1 is 1.40 bits per heavy atom. The summed E-state index contributed by atoms with van der Waals surface area (Å²) in [5.74, 6) is -1.71. The predicted octanol–water partition coefficient (Wildman–Crippen LogP) is 3.23. The van der Waals surface area contributed by atoms with Crippen molar-refractivity contribution in [2.45, 2.75) is 31.1 Å². The Kier molecular flexibility index (Phi) is 5.70. The smallest absolute Gasteiger partial charge is 0.273 e. The minimum Gasteiger partial charge on any atom is -0.489 e. The molecule has 0 saturated heterocycles. The Bertz CT molecular complexity index is 605. The van der Waals surface area contributed by atoms with Crippen LogP contribution in [0.1, 0.15) is 26.2 Å². The van der Waals surface area contributed by atoms with Gasteiger partial charge in [0.1, 0.15) is 4.90 Å². The zero-order chi connectivity index (χ0) is 15.3. The number of non-ortho nitro benzene ring substituents is 1. The fraction of sp³-hybridized carbons (Fsp3) is 0.455. The normalized spacial score (nSPS) is 11.3. The second kappa shape index (κ2) is 6.85. The summed E-state index contributed by atoms with van der Waals surface area (Å²) >= 11 is 0. The number of rotatable bonds is 7. The molecule has 1 aromatic carbocycles. The van der Waals surface area contributed by atoms with Crippen LogP contribution < -0.4 is 4.74 Å². The van der Waals surface area contributed by atoms with E-state index >= 15 is 0 Å². The summed E-state index contributed by atoms with van der Waals surface area (Å²) in [6.45, 7) is 2.06. The van der Waals surface area contributed by atoms with Crippen molar-refractivity contribution < 1.29 is 22.5 Å². The topological polar surface area (TPSA) is 86.5 Å². The van der Waals surface area contributed by atoms with Gasteiger partial charge in [0.25, 0.3) is 14.7 Å². The lowest BCUT2D eigenvalue weighted by Gasteiger charge is -2.10. The first-order valence-corrected chi connectivity index (χ1v) is 8.13. The van der Waals surface area contributed by atoms with Crippen molar-refractivity contribution in [1.29, 1.82) is 0 Å². The second-order valence-corrected chi connectivity index (χ2v) is 6.54. The van der Waals surface area contributed by atoms with Crippen LogP contribution in [0.3, 0.4) is 0 Å². The van der Waals surface area contributed by atoms with E-state index in [4.69, 9.17) is 15.4 Å². The third kappa shape index (κ3) is 4.31. The highest BCUT2D eigenvalue weighted by Gasteiger charge is 2.25. The number of hydrogen-bond donors (Lipinski definition) is 0. The van der Waals surface area contributed by atoms with Crippen molar-refractivity contribution in [1.82, 2.24) is 0 Å². The number of unbranched alkanes of at least 4 members (excludes halogenated alkanes) is 2. The van der Waals surface area contributed by atoms with E-state index in [-0.39, 0.29) is 6.61 Å². The lowest BCUT2D eigenvalue weighted by Crippen LogP contribution is -2.05. The van der Waals surface area contributed by atoms with Gasteiger partial charge >= 0.3 is 0 Å². The quantitative estimate of drug-likeness (QED) is 0.332. The van der Waals surface area contributed by atoms with Gasteiger partial charge in [-0.1, -0.05) is 19.8 Å². The maximum absolute atomic E-state index is 13.8. The average Bonchev–Trinajstić information content (AvgIpc) is 2.34. The molecule has 9 heteroatoms. The molecule has 1 aromatic rings. The van der Waals surface area contributed by atoms with Crippen LogP contribution in [0, 0.1) is 15.9 Å². The van der Waals surface area contributed by atoms with Gasteiger partial charge in [-0.25, -0.2) is 12.8 Å². The van der Waals surface area contributed by atoms with Gasteiger partial charge in [-0.05, 0) is 6.42 Å². The first-order chi connectivity index (χ1) is 9.27. The molecule has 0 bridgehead atoms. The Balaban J connectivity index is 3.18. The molecule has 0 aliphatic carbocycles. The Morgan fingerprint density at radius 2 is 2.05 bits per heavy atom. The van der Waals surface area contributed by atoms with E-state index in [1.165, 1.54) is 0 Å². The van der Waals surface area contributed by atoms with Gasteiger partial charge in [0.15, 0.2) is 11.6 Å². The molecular weight excluding hydrogens is 313 g/mol. The van der Waals surface area contributed by atoms with Gasteiger partial charge in [0.2, 0.25) is 0 Å². The summed E-state index contributed by atoms with van der Waals surface area (Å²) in [6.07, 6.45) is 2.35. The van der Waals surface area contributed by atoms with Crippen molar-refractivity contribution >= 4 is 25.4 Å². The summed E-state index contributed by atoms with van der Waals surface area (Å²) in [5.41, 5.74) is -0.706. The summed E-state index contributed by atoms with van der Waals surface area (Å²) in [5, 5.41) is 10.6. The molecule has 1 rings (SSSR count). The van der Waals surface area contributed by atoms with Gasteiger partial charge < -0.3 is 4.74 Å². The lowest BCUT2D eigenvalue weighted by molar-refractivity contribution is -0.385. The van der Waals surface area contributed by atoms with Gasteiger partial charge in [-0.2, -0.15) is 0 Å². The summed E-state index contributed by atoms with van der Waals surface area (Å²) in [6, 6.07) is 1.28. The number of nitro groups is 1. The molecule has 0 fully saturated rings. The van der Waals surface area contributed by atoms with E-state index in [1.54, 1.807) is 0 Å². The van der Waals surface area contributed by atoms with Gasteiger partial charge in [-0.3, -0.25) is 10.1 Å². The number of benzene rings is 1. The van der Waals surface area contributed by atoms with Crippen LogP contribution >= 0.6 is 10.7 Å². The lowest BCUT2D eigenvalue weighted by atomic mass is 10.2. The molecule has 0 N–H and O–H groups in total. The largest absolute Gasteiger partial charge is 0.489 e. The molecule has 112 valence electrons. The minimum absolute atomic E-state index is 0.0992. The third-order valence-electron chi connectivity index (χ3n) is 2.46. The summed E-state index contributed by atoms with van der Waals surface area (Å²) < 4.78 is 41.6. The minimum atomic E-state index is -4.35. The van der Waals surface area contributed by atoms with E-state index in [2.05, 4.69) is 0 Å². The van der Waals surface area contributed by atoms with Crippen LogP contribution in [-0.4, -0.2) is 19.9 Å². The number of halogens is 2. The third-order valence-corrected chi connectivity index (χ3v) is 3.79. The zero-order valence-electron chi connectivity index (χ0n) is 10.6. The molecule has 0 heterocycles. The van der Waals surface area contributed by atoms with Crippen molar-refractivity contribution in [3.63, 3.8) is 0 Å². The second-order valence-electron chi connectivity index (χ2n) is 4.01. The number of ether oxygens (including phenoxy) is 1. The highest BCUT2D eigenvalue weighted by molar-refractivity contribution is 8.13. The molecule has 0 amide bonds. The fourth-order valence-corrected chi connectivity index (χ4v) is 2.49. The predicted molar refractivity (Wildman–Crippen MR) is 71.1 cm³/mol. The van der Waals surface area contributed by atoms with Crippen LogP contribution in [-0.2, 0) is 9.05 Å². The highest BCUT2D eigenvalue weighted by atomic mass is 35.7. The summed E-state index contributed by atoms with van der Waals surface area (Å²) in [7, 11) is 0.803. The van der Waals surface area contributed by atoms with Gasteiger partial charge in [0, 0.05) is 16.7 Å². The molecule has 0 aromatic heterocycles. The van der Waals surface area contributed by atoms with E-state index in [0.717, 1.165) is 12.8 Å². The summed E-state index contributed by atoms with van der Waals surface area (Å²) in [4.78, 5) is 8.96. The highest BCUT2D eigenvalue weighted by Crippen LogP contribution is 2.34. The molecular formula is C11H13ClFNO5S. The van der Waals surface area contributed by atoms with E-state index in [9.17, 15) is 22.9 Å². The first kappa shape index (κ1) is 16.6. The number of hydrogen-bond acceptors (Lipinski definition) is 5. The van der Waals surface area contributed by atoms with E-state index in [0.29, 0.717) is 18.6 Å². The van der Waals surface area contributed by atoms with Crippen molar-refractivity contribution in [3.8, 4) is 5.75 Å². The fourth-order valence-electron chi connectivity index (χ4n) is 1.51. The standard InChI is InChI=1S/C11H13ClFNO5S/c1-2-3-4-5-19-11-9(13)6-8(14(15)16)7-10(11)20(12,17)18/h6-7H,2-5H2,1H3. The van der Waals surface area contributed by atoms with Crippen LogP contribution in [0.2, 0.25) is 0 Å². The molecule has 0 atom stereocenters. The molecule has 0 spiro atoms. The van der Waals surface area contributed by atoms with Gasteiger partial charge in [-0.15, -0.1) is 0 Å². The van der Waals surface area contributed by atoms with E-state index < -0.39 is 36.1 Å². The SMILES string of the molecule is CCCCCOc1c(F)cc([N+](=O)[O-])cc1S(=O)(=O)Cl. The molecule has 20 heavy (non-hydrogen) atoms. The zero-order valence-corrected chi connectivity index (χ0v) is 12.2. The number of nitro benzene ring substituents is 1. The van der Waals surface area contributed by atoms with Crippen LogP contribution in [0.15, 0.2) is 17.0 Å². The first-order valence-electron chi connectivity index (χ1n) is 5.82. The molecule has 6 nitrogen and oxygen atoms in total. The maximum Gasteiger partial charge on any atom is 0.273 e. The average molecular weight is 326 g/mol. The molecule has 0 aliphatic heterocycles. The monoisotopic (exact) mass is 325 g/mol. The van der Waals surface area contributed by atoms with Crippen LogP contribution in [0.4, 0.5) is 10.1 Å². The van der Waals surface area contributed by atoms with Crippen molar-refractivity contribution in [3.05, 3.63) is 28.1 Å². The molecule has 0 saturated carbocycles.